The van der Waals surface area contributed by atoms with Crippen LogP contribution in [0.25, 0.3) is 5.65 Å². The van der Waals surface area contributed by atoms with E-state index in [9.17, 15) is 9.59 Å². The number of hydrogen-bond acceptors (Lipinski definition) is 4. The number of carbonyl (C=O) groups is 2. The summed E-state index contributed by atoms with van der Waals surface area (Å²) < 4.78 is 1.75. The summed E-state index contributed by atoms with van der Waals surface area (Å²) >= 11 is 0. The van der Waals surface area contributed by atoms with Crippen molar-refractivity contribution < 1.29 is 9.59 Å². The van der Waals surface area contributed by atoms with E-state index in [4.69, 9.17) is 0 Å². The van der Waals surface area contributed by atoms with Gasteiger partial charge in [-0.05, 0) is 99.9 Å². The zero-order valence-corrected chi connectivity index (χ0v) is 20.7. The standard InChI is InChI=1S/C27H39N5O2/c1-3-31(4-2)10-6-9-28-25(33)22-17-32-23(7-5-8-24(32)30-22)26(34)29-18-27-14-19-11-20(15-27)13-21(12-19)16-27/h5,7-8,17,19-21H,3-4,6,9-16,18H2,1-2H3,(H,28,33)(H,29,34). The van der Waals surface area contributed by atoms with Gasteiger partial charge in [-0.2, -0.15) is 0 Å². The maximum Gasteiger partial charge on any atom is 0.271 e. The number of amides is 2. The number of fused-ring (bicyclic) bond motifs is 1. The number of pyridine rings is 1. The average Bonchev–Trinajstić information content (AvgIpc) is 3.26. The van der Waals surface area contributed by atoms with E-state index >= 15 is 0 Å². The fraction of sp³-hybridized carbons (Fsp3) is 0.667. The Bertz CT molecular complexity index is 1010. The van der Waals surface area contributed by atoms with Crippen molar-refractivity contribution in [2.45, 2.75) is 58.8 Å². The van der Waals surface area contributed by atoms with Crippen molar-refractivity contribution in [3.05, 3.63) is 35.8 Å². The first-order valence-electron chi connectivity index (χ1n) is 13.3. The topological polar surface area (TPSA) is 78.7 Å². The Morgan fingerprint density at radius 2 is 1.71 bits per heavy atom. The molecule has 0 aliphatic heterocycles. The van der Waals surface area contributed by atoms with Gasteiger partial charge in [-0.25, -0.2) is 4.98 Å². The van der Waals surface area contributed by atoms with Crippen LogP contribution in [0, 0.1) is 23.2 Å². The smallest absolute Gasteiger partial charge is 0.271 e. The van der Waals surface area contributed by atoms with E-state index in [1.165, 1.54) is 38.5 Å². The number of aromatic nitrogens is 2. The van der Waals surface area contributed by atoms with Gasteiger partial charge in [0.15, 0.2) is 0 Å². The van der Waals surface area contributed by atoms with Gasteiger partial charge in [0.2, 0.25) is 0 Å². The molecule has 2 aromatic heterocycles. The number of nitrogens with one attached hydrogen (secondary N) is 2. The molecule has 34 heavy (non-hydrogen) atoms. The van der Waals surface area contributed by atoms with Crippen LogP contribution in [0.3, 0.4) is 0 Å². The average molecular weight is 466 g/mol. The van der Waals surface area contributed by atoms with Gasteiger partial charge in [0.1, 0.15) is 17.0 Å². The minimum absolute atomic E-state index is 0.0788. The van der Waals surface area contributed by atoms with Crippen LogP contribution in [0.15, 0.2) is 24.4 Å². The Kier molecular flexibility index (Phi) is 6.65. The van der Waals surface area contributed by atoms with Gasteiger partial charge >= 0.3 is 0 Å². The maximum atomic E-state index is 13.2. The molecule has 7 nitrogen and oxygen atoms in total. The fourth-order valence-electron chi connectivity index (χ4n) is 7.31. The third-order valence-corrected chi connectivity index (χ3v) is 8.58. The van der Waals surface area contributed by atoms with Crippen LogP contribution in [0.4, 0.5) is 0 Å². The third kappa shape index (κ3) is 4.72. The minimum Gasteiger partial charge on any atom is -0.351 e. The van der Waals surface area contributed by atoms with Crippen LogP contribution in [0.2, 0.25) is 0 Å². The molecule has 0 saturated heterocycles. The molecular formula is C27H39N5O2. The predicted molar refractivity (Wildman–Crippen MR) is 133 cm³/mol. The highest BCUT2D eigenvalue weighted by Gasteiger charge is 2.50. The van der Waals surface area contributed by atoms with Crippen molar-refractivity contribution in [2.75, 3.05) is 32.7 Å². The van der Waals surface area contributed by atoms with Crippen molar-refractivity contribution >= 4 is 17.5 Å². The Morgan fingerprint density at radius 1 is 1.03 bits per heavy atom. The lowest BCUT2D eigenvalue weighted by Gasteiger charge is -2.56. The van der Waals surface area contributed by atoms with Gasteiger partial charge < -0.3 is 15.5 Å². The van der Waals surface area contributed by atoms with Gasteiger partial charge in [-0.15, -0.1) is 0 Å². The molecule has 4 aliphatic carbocycles. The second-order valence-corrected chi connectivity index (χ2v) is 11.0. The first-order valence-corrected chi connectivity index (χ1v) is 13.3. The lowest BCUT2D eigenvalue weighted by atomic mass is 9.49. The molecule has 0 atom stereocenters. The molecule has 2 N–H and O–H groups in total. The van der Waals surface area contributed by atoms with E-state index in [1.54, 1.807) is 10.6 Å². The van der Waals surface area contributed by atoms with Crippen molar-refractivity contribution in [1.82, 2.24) is 24.9 Å². The van der Waals surface area contributed by atoms with Crippen LogP contribution < -0.4 is 10.6 Å². The van der Waals surface area contributed by atoms with Crippen LogP contribution in [0.5, 0.6) is 0 Å². The Balaban J connectivity index is 1.21. The molecule has 6 rings (SSSR count). The molecule has 4 fully saturated rings. The van der Waals surface area contributed by atoms with E-state index in [0.717, 1.165) is 50.4 Å². The monoisotopic (exact) mass is 465 g/mol. The fourth-order valence-corrected chi connectivity index (χ4v) is 7.31. The van der Waals surface area contributed by atoms with Crippen LogP contribution in [-0.4, -0.2) is 58.8 Å². The number of hydrogen-bond donors (Lipinski definition) is 2. The zero-order chi connectivity index (χ0) is 23.7. The summed E-state index contributed by atoms with van der Waals surface area (Å²) in [5.74, 6) is 2.34. The van der Waals surface area contributed by atoms with Crippen molar-refractivity contribution in [2.24, 2.45) is 23.2 Å². The zero-order valence-electron chi connectivity index (χ0n) is 20.7. The lowest BCUT2D eigenvalue weighted by Crippen LogP contribution is -2.51. The highest BCUT2D eigenvalue weighted by molar-refractivity contribution is 5.95. The molecule has 2 aromatic rings. The molecule has 0 aromatic carbocycles. The van der Waals surface area contributed by atoms with Gasteiger partial charge in [0, 0.05) is 19.3 Å². The van der Waals surface area contributed by atoms with Gasteiger partial charge in [0.05, 0.1) is 0 Å². The quantitative estimate of drug-likeness (QED) is 0.524. The molecule has 0 unspecified atom stereocenters. The number of carbonyl (C=O) groups excluding carboxylic acids is 2. The van der Waals surface area contributed by atoms with Crippen LogP contribution in [0.1, 0.15) is 79.8 Å². The van der Waals surface area contributed by atoms with Crippen molar-refractivity contribution in [1.29, 1.82) is 0 Å². The molecule has 2 amide bonds. The molecule has 0 radical (unpaired) electrons. The minimum atomic E-state index is -0.192. The van der Waals surface area contributed by atoms with E-state index in [2.05, 4.69) is 34.4 Å². The summed E-state index contributed by atoms with van der Waals surface area (Å²) in [7, 11) is 0. The second-order valence-electron chi connectivity index (χ2n) is 11.0. The summed E-state index contributed by atoms with van der Waals surface area (Å²) in [4.78, 5) is 32.7. The van der Waals surface area contributed by atoms with Gasteiger partial charge in [-0.1, -0.05) is 19.9 Å². The predicted octanol–water partition coefficient (Wildman–Crippen LogP) is 3.74. The summed E-state index contributed by atoms with van der Waals surface area (Å²) in [6, 6.07) is 5.50. The van der Waals surface area contributed by atoms with E-state index in [-0.39, 0.29) is 11.8 Å². The van der Waals surface area contributed by atoms with Crippen molar-refractivity contribution in [3.63, 3.8) is 0 Å². The summed E-state index contributed by atoms with van der Waals surface area (Å²) in [6.07, 6.45) is 10.6. The number of nitrogens with zero attached hydrogens (tertiary/aromatic N) is 3. The summed E-state index contributed by atoms with van der Waals surface area (Å²) in [5, 5.41) is 6.23. The molecule has 4 aliphatic rings. The third-order valence-electron chi connectivity index (χ3n) is 8.58. The highest BCUT2D eigenvalue weighted by Crippen LogP contribution is 2.59. The summed E-state index contributed by atoms with van der Waals surface area (Å²) in [5.41, 5.74) is 1.80. The molecule has 184 valence electrons. The Hall–Kier alpha value is -2.41. The second kappa shape index (κ2) is 9.68. The molecule has 2 heterocycles. The van der Waals surface area contributed by atoms with E-state index < -0.39 is 0 Å². The first-order chi connectivity index (χ1) is 16.5. The highest BCUT2D eigenvalue weighted by atomic mass is 16.2. The van der Waals surface area contributed by atoms with E-state index in [1.807, 2.05) is 18.2 Å². The molecular weight excluding hydrogens is 426 g/mol. The van der Waals surface area contributed by atoms with Crippen LogP contribution in [-0.2, 0) is 0 Å². The number of imidazole rings is 1. The SMILES string of the molecule is CCN(CC)CCCNC(=O)c1cn2c(C(=O)NCC34CC5CC(CC(C5)C3)C4)cccc2n1. The number of rotatable bonds is 10. The summed E-state index contributed by atoms with van der Waals surface area (Å²) in [6.45, 7) is 8.68. The molecule has 4 bridgehead atoms. The molecule has 7 heteroatoms. The van der Waals surface area contributed by atoms with Crippen molar-refractivity contribution in [3.8, 4) is 0 Å². The van der Waals surface area contributed by atoms with E-state index in [0.29, 0.717) is 29.0 Å². The first kappa shape index (κ1) is 23.3. The normalized spacial score (nSPS) is 27.4. The maximum absolute atomic E-state index is 13.2. The molecule has 4 saturated carbocycles. The lowest BCUT2D eigenvalue weighted by molar-refractivity contribution is -0.0503. The van der Waals surface area contributed by atoms with Crippen LogP contribution >= 0.6 is 0 Å². The van der Waals surface area contributed by atoms with Gasteiger partial charge in [-0.3, -0.25) is 14.0 Å². The Labute approximate surface area is 202 Å². The Morgan fingerprint density at radius 3 is 2.35 bits per heavy atom. The molecule has 0 spiro atoms. The largest absolute Gasteiger partial charge is 0.351 e. The van der Waals surface area contributed by atoms with Gasteiger partial charge in [0.25, 0.3) is 11.8 Å².